The fourth-order valence-corrected chi connectivity index (χ4v) is 2.25. The van der Waals surface area contributed by atoms with Gasteiger partial charge in [-0.05, 0) is 19.3 Å². The van der Waals surface area contributed by atoms with Crippen LogP contribution in [-0.4, -0.2) is 27.9 Å². The van der Waals surface area contributed by atoms with Crippen LogP contribution in [0.25, 0.3) is 0 Å². The summed E-state index contributed by atoms with van der Waals surface area (Å²) in [6, 6.07) is 0.583. The SMILES string of the molecule is OC(c1cncn1C1CC1)C1CCOC1. The summed E-state index contributed by atoms with van der Waals surface area (Å²) >= 11 is 0. The third-order valence-electron chi connectivity index (χ3n) is 3.35. The van der Waals surface area contributed by atoms with Gasteiger partial charge in [0.2, 0.25) is 0 Å². The Morgan fingerprint density at radius 1 is 1.47 bits per heavy atom. The highest BCUT2D eigenvalue weighted by Crippen LogP contribution is 2.38. The predicted molar refractivity (Wildman–Crippen MR) is 54.4 cm³/mol. The van der Waals surface area contributed by atoms with Crippen molar-refractivity contribution in [2.75, 3.05) is 13.2 Å². The van der Waals surface area contributed by atoms with Gasteiger partial charge in [0.25, 0.3) is 0 Å². The monoisotopic (exact) mass is 208 g/mol. The van der Waals surface area contributed by atoms with Gasteiger partial charge in [-0.3, -0.25) is 0 Å². The quantitative estimate of drug-likeness (QED) is 0.814. The van der Waals surface area contributed by atoms with E-state index in [-0.39, 0.29) is 5.92 Å². The largest absolute Gasteiger partial charge is 0.386 e. The molecule has 4 nitrogen and oxygen atoms in total. The molecule has 2 atom stereocenters. The molecule has 1 aliphatic carbocycles. The minimum absolute atomic E-state index is 0.249. The van der Waals surface area contributed by atoms with E-state index in [1.807, 2.05) is 6.33 Å². The standard InChI is InChI=1S/C11H16N2O2/c14-11(8-3-4-15-6-8)10-5-12-7-13(10)9-1-2-9/h5,7-9,11,14H,1-4,6H2. The molecule has 2 heterocycles. The van der Waals surface area contributed by atoms with Gasteiger partial charge in [-0.2, -0.15) is 0 Å². The van der Waals surface area contributed by atoms with Crippen molar-refractivity contribution in [3.05, 3.63) is 18.2 Å². The van der Waals surface area contributed by atoms with Crippen molar-refractivity contribution < 1.29 is 9.84 Å². The number of ether oxygens (including phenoxy) is 1. The molecule has 82 valence electrons. The Hall–Kier alpha value is -0.870. The Morgan fingerprint density at radius 2 is 2.33 bits per heavy atom. The van der Waals surface area contributed by atoms with Crippen molar-refractivity contribution >= 4 is 0 Å². The van der Waals surface area contributed by atoms with Gasteiger partial charge in [-0.25, -0.2) is 4.98 Å². The average Bonchev–Trinajstić information content (AvgIpc) is 2.82. The number of aromatic nitrogens is 2. The van der Waals surface area contributed by atoms with Gasteiger partial charge < -0.3 is 14.4 Å². The second kappa shape index (κ2) is 3.61. The Kier molecular flexibility index (Phi) is 2.25. The predicted octanol–water partition coefficient (Wildman–Crippen LogP) is 1.29. The van der Waals surface area contributed by atoms with E-state index >= 15 is 0 Å². The molecule has 0 aromatic carbocycles. The molecule has 2 unspecified atom stereocenters. The molecule has 2 aliphatic rings. The van der Waals surface area contributed by atoms with Crippen LogP contribution >= 0.6 is 0 Å². The summed E-state index contributed by atoms with van der Waals surface area (Å²) in [6.07, 6.45) is 6.62. The van der Waals surface area contributed by atoms with Gasteiger partial charge in [0.05, 0.1) is 24.8 Å². The van der Waals surface area contributed by atoms with Crippen LogP contribution in [0.5, 0.6) is 0 Å². The van der Waals surface area contributed by atoms with E-state index in [0.29, 0.717) is 12.6 Å². The molecule has 0 spiro atoms. The number of aliphatic hydroxyl groups excluding tert-OH is 1. The maximum atomic E-state index is 10.2. The van der Waals surface area contributed by atoms with Gasteiger partial charge in [0.15, 0.2) is 0 Å². The molecule has 1 saturated carbocycles. The first-order valence-electron chi connectivity index (χ1n) is 5.64. The van der Waals surface area contributed by atoms with E-state index in [2.05, 4.69) is 9.55 Å². The molecule has 0 radical (unpaired) electrons. The molecule has 0 amide bonds. The van der Waals surface area contributed by atoms with Crippen LogP contribution in [-0.2, 0) is 4.74 Å². The number of aliphatic hydroxyl groups is 1. The molecule has 4 heteroatoms. The summed E-state index contributed by atoms with van der Waals surface area (Å²) in [7, 11) is 0. The van der Waals surface area contributed by atoms with Crippen LogP contribution in [0.2, 0.25) is 0 Å². The second-order valence-corrected chi connectivity index (χ2v) is 4.53. The van der Waals surface area contributed by atoms with Crippen molar-refractivity contribution in [2.45, 2.75) is 31.4 Å². The summed E-state index contributed by atoms with van der Waals surface area (Å²) in [5.74, 6) is 0.249. The Morgan fingerprint density at radius 3 is 3.00 bits per heavy atom. The minimum atomic E-state index is -0.407. The minimum Gasteiger partial charge on any atom is -0.386 e. The Labute approximate surface area is 88.9 Å². The molecule has 1 N–H and O–H groups in total. The first kappa shape index (κ1) is 9.36. The van der Waals surface area contributed by atoms with Crippen LogP contribution in [0.4, 0.5) is 0 Å². The van der Waals surface area contributed by atoms with Crippen molar-refractivity contribution in [3.8, 4) is 0 Å². The highest BCUT2D eigenvalue weighted by molar-refractivity contribution is 5.08. The lowest BCUT2D eigenvalue weighted by atomic mass is 9.99. The lowest BCUT2D eigenvalue weighted by molar-refractivity contribution is 0.0855. The highest BCUT2D eigenvalue weighted by atomic mass is 16.5. The first-order valence-corrected chi connectivity index (χ1v) is 5.64. The molecular formula is C11H16N2O2. The van der Waals surface area contributed by atoms with E-state index in [9.17, 15) is 5.11 Å². The van der Waals surface area contributed by atoms with E-state index < -0.39 is 6.10 Å². The first-order chi connectivity index (χ1) is 7.36. The summed E-state index contributed by atoms with van der Waals surface area (Å²) in [6.45, 7) is 1.45. The smallest absolute Gasteiger partial charge is 0.101 e. The third-order valence-corrected chi connectivity index (χ3v) is 3.35. The normalized spacial score (nSPS) is 28.2. The van der Waals surface area contributed by atoms with Gasteiger partial charge in [-0.1, -0.05) is 0 Å². The van der Waals surface area contributed by atoms with Crippen molar-refractivity contribution in [3.63, 3.8) is 0 Å². The zero-order valence-electron chi connectivity index (χ0n) is 8.67. The molecular weight excluding hydrogens is 192 g/mol. The molecule has 2 fully saturated rings. The summed E-state index contributed by atoms with van der Waals surface area (Å²) in [4.78, 5) is 4.14. The maximum Gasteiger partial charge on any atom is 0.101 e. The molecule has 1 aromatic heterocycles. The third kappa shape index (κ3) is 1.68. The molecule has 15 heavy (non-hydrogen) atoms. The van der Waals surface area contributed by atoms with E-state index in [1.54, 1.807) is 6.20 Å². The summed E-state index contributed by atoms with van der Waals surface area (Å²) in [5.41, 5.74) is 0.966. The summed E-state index contributed by atoms with van der Waals surface area (Å²) < 4.78 is 7.43. The molecule has 1 aliphatic heterocycles. The number of rotatable bonds is 3. The van der Waals surface area contributed by atoms with Crippen LogP contribution in [0.15, 0.2) is 12.5 Å². The van der Waals surface area contributed by atoms with Gasteiger partial charge in [-0.15, -0.1) is 0 Å². The number of nitrogens with zero attached hydrogens (tertiary/aromatic N) is 2. The van der Waals surface area contributed by atoms with E-state index in [4.69, 9.17) is 4.74 Å². The van der Waals surface area contributed by atoms with Crippen LogP contribution in [0.3, 0.4) is 0 Å². The molecule has 0 bridgehead atoms. The van der Waals surface area contributed by atoms with E-state index in [0.717, 1.165) is 18.7 Å². The highest BCUT2D eigenvalue weighted by Gasteiger charge is 2.31. The fraction of sp³-hybridized carbons (Fsp3) is 0.727. The number of imidazole rings is 1. The Bertz CT molecular complexity index is 340. The van der Waals surface area contributed by atoms with Crippen LogP contribution in [0.1, 0.15) is 37.1 Å². The average molecular weight is 208 g/mol. The van der Waals surface area contributed by atoms with Gasteiger partial charge in [0, 0.05) is 18.6 Å². The van der Waals surface area contributed by atoms with Crippen molar-refractivity contribution in [1.82, 2.24) is 9.55 Å². The lowest BCUT2D eigenvalue weighted by Crippen LogP contribution is -2.16. The van der Waals surface area contributed by atoms with Crippen molar-refractivity contribution in [1.29, 1.82) is 0 Å². The molecule has 1 aromatic rings. The zero-order valence-corrected chi connectivity index (χ0v) is 8.67. The van der Waals surface area contributed by atoms with Crippen LogP contribution < -0.4 is 0 Å². The maximum absolute atomic E-state index is 10.2. The lowest BCUT2D eigenvalue weighted by Gasteiger charge is -2.18. The van der Waals surface area contributed by atoms with Gasteiger partial charge >= 0.3 is 0 Å². The van der Waals surface area contributed by atoms with E-state index in [1.165, 1.54) is 12.8 Å². The zero-order chi connectivity index (χ0) is 10.3. The topological polar surface area (TPSA) is 47.3 Å². The Balaban J connectivity index is 1.81. The summed E-state index contributed by atoms with van der Waals surface area (Å²) in [5, 5.41) is 10.2. The molecule has 1 saturated heterocycles. The number of hydrogen-bond acceptors (Lipinski definition) is 3. The van der Waals surface area contributed by atoms with Gasteiger partial charge in [0.1, 0.15) is 6.10 Å². The van der Waals surface area contributed by atoms with Crippen molar-refractivity contribution in [2.24, 2.45) is 5.92 Å². The fourth-order valence-electron chi connectivity index (χ4n) is 2.25. The second-order valence-electron chi connectivity index (χ2n) is 4.53. The number of hydrogen-bond donors (Lipinski definition) is 1. The van der Waals surface area contributed by atoms with Crippen LogP contribution in [0, 0.1) is 5.92 Å². The molecule has 3 rings (SSSR count).